The normalized spacial score (nSPS) is 22.2. The van der Waals surface area contributed by atoms with E-state index >= 15 is 0 Å². The van der Waals surface area contributed by atoms with Gasteiger partial charge in [0.1, 0.15) is 12.6 Å². The van der Waals surface area contributed by atoms with E-state index in [1.54, 1.807) is 5.57 Å². The lowest BCUT2D eigenvalue weighted by Gasteiger charge is -2.38. The minimum Gasteiger partial charge on any atom is -0.299 e. The molecule has 0 aromatic carbocycles. The first-order valence-corrected chi connectivity index (χ1v) is 8.32. The van der Waals surface area contributed by atoms with Gasteiger partial charge >= 0.3 is 0 Å². The minimum atomic E-state index is 0.399. The van der Waals surface area contributed by atoms with E-state index in [1.807, 2.05) is 0 Å². The second kappa shape index (κ2) is 8.87. The van der Waals surface area contributed by atoms with E-state index in [-0.39, 0.29) is 0 Å². The van der Waals surface area contributed by atoms with E-state index in [9.17, 15) is 9.59 Å². The van der Waals surface area contributed by atoms with Gasteiger partial charge in [-0.2, -0.15) is 0 Å². The van der Waals surface area contributed by atoms with Gasteiger partial charge in [-0.1, -0.05) is 37.1 Å². The van der Waals surface area contributed by atoms with E-state index in [0.717, 1.165) is 19.1 Å². The van der Waals surface area contributed by atoms with Gasteiger partial charge in [0.05, 0.1) is 0 Å². The standard InChI is InChI=1S/C20H30O2/c1-16(7-5-9-18(15-22)12-14-21)10-11-19-17(2)8-6-13-20(19,3)4/h7-8,12,14-15,19H,5-6,9-11,13H2,1-4H3/b16-7+,18-12+/t19-/m1/s1. The van der Waals surface area contributed by atoms with Gasteiger partial charge in [-0.05, 0) is 75.4 Å². The van der Waals surface area contributed by atoms with E-state index in [0.29, 0.717) is 29.6 Å². The van der Waals surface area contributed by atoms with E-state index < -0.39 is 0 Å². The number of rotatable bonds is 8. The van der Waals surface area contributed by atoms with Crippen molar-refractivity contribution in [2.24, 2.45) is 11.3 Å². The van der Waals surface area contributed by atoms with Crippen LogP contribution in [0.2, 0.25) is 0 Å². The molecule has 0 aliphatic heterocycles. The Bertz CT molecular complexity index is 478. The van der Waals surface area contributed by atoms with Crippen LogP contribution in [0.4, 0.5) is 0 Å². The molecule has 22 heavy (non-hydrogen) atoms. The zero-order chi connectivity index (χ0) is 16.6. The van der Waals surface area contributed by atoms with E-state index in [1.165, 1.54) is 30.9 Å². The summed E-state index contributed by atoms with van der Waals surface area (Å²) in [5, 5.41) is 0. The van der Waals surface area contributed by atoms with Crippen molar-refractivity contribution in [1.29, 1.82) is 0 Å². The fourth-order valence-corrected chi connectivity index (χ4v) is 3.45. The summed E-state index contributed by atoms with van der Waals surface area (Å²) in [5.41, 5.74) is 3.90. The van der Waals surface area contributed by atoms with Gasteiger partial charge < -0.3 is 0 Å². The Morgan fingerprint density at radius 3 is 2.64 bits per heavy atom. The van der Waals surface area contributed by atoms with Crippen LogP contribution in [0.1, 0.15) is 66.2 Å². The predicted octanol–water partition coefficient (Wildman–Crippen LogP) is 5.20. The highest BCUT2D eigenvalue weighted by molar-refractivity contribution is 5.81. The lowest BCUT2D eigenvalue weighted by atomic mass is 9.67. The molecule has 0 bridgehead atoms. The number of carbonyl (C=O) groups is 2. The van der Waals surface area contributed by atoms with Gasteiger partial charge in [0, 0.05) is 0 Å². The number of allylic oxidation sites excluding steroid dienone is 6. The van der Waals surface area contributed by atoms with Crippen LogP contribution in [-0.2, 0) is 9.59 Å². The monoisotopic (exact) mass is 302 g/mol. The van der Waals surface area contributed by atoms with Crippen molar-refractivity contribution < 1.29 is 9.59 Å². The molecule has 1 atom stereocenters. The Hall–Kier alpha value is -1.44. The molecule has 0 unspecified atom stereocenters. The highest BCUT2D eigenvalue weighted by atomic mass is 16.1. The molecule has 1 aliphatic rings. The summed E-state index contributed by atoms with van der Waals surface area (Å²) in [4.78, 5) is 21.1. The Morgan fingerprint density at radius 2 is 2.05 bits per heavy atom. The minimum absolute atomic E-state index is 0.399. The van der Waals surface area contributed by atoms with Gasteiger partial charge in [-0.15, -0.1) is 0 Å². The maximum Gasteiger partial charge on any atom is 0.146 e. The maximum absolute atomic E-state index is 10.8. The molecule has 2 heteroatoms. The van der Waals surface area contributed by atoms with E-state index in [2.05, 4.69) is 39.8 Å². The molecule has 0 N–H and O–H groups in total. The molecule has 0 saturated carbocycles. The summed E-state index contributed by atoms with van der Waals surface area (Å²) in [6.45, 7) is 9.20. The largest absolute Gasteiger partial charge is 0.299 e. The topological polar surface area (TPSA) is 34.1 Å². The third-order valence-corrected chi connectivity index (χ3v) is 4.93. The summed E-state index contributed by atoms with van der Waals surface area (Å²) in [7, 11) is 0. The van der Waals surface area contributed by atoms with Crippen molar-refractivity contribution in [2.45, 2.75) is 66.2 Å². The molecule has 0 saturated heterocycles. The molecule has 0 aromatic rings. The van der Waals surface area contributed by atoms with E-state index in [4.69, 9.17) is 0 Å². The van der Waals surface area contributed by atoms with Crippen molar-refractivity contribution in [2.75, 3.05) is 0 Å². The molecule has 0 amide bonds. The first kappa shape index (κ1) is 18.6. The zero-order valence-corrected chi connectivity index (χ0v) is 14.5. The predicted molar refractivity (Wildman–Crippen MR) is 92.7 cm³/mol. The second-order valence-electron chi connectivity index (χ2n) is 7.15. The van der Waals surface area contributed by atoms with Crippen LogP contribution in [0.5, 0.6) is 0 Å². The average Bonchev–Trinajstić information content (AvgIpc) is 2.45. The Balaban J connectivity index is 2.49. The quantitative estimate of drug-likeness (QED) is 0.351. The Kier molecular flexibility index (Phi) is 7.50. The molecule has 0 aromatic heterocycles. The smallest absolute Gasteiger partial charge is 0.146 e. The summed E-state index contributed by atoms with van der Waals surface area (Å²) < 4.78 is 0. The molecule has 1 aliphatic carbocycles. The van der Waals surface area contributed by atoms with Crippen molar-refractivity contribution >= 4 is 12.6 Å². The first-order valence-electron chi connectivity index (χ1n) is 8.32. The Labute approximate surface area is 135 Å². The molecule has 0 radical (unpaired) electrons. The van der Waals surface area contributed by atoms with Crippen LogP contribution in [-0.4, -0.2) is 12.6 Å². The molecule has 122 valence electrons. The van der Waals surface area contributed by atoms with Gasteiger partial charge in [0.2, 0.25) is 0 Å². The van der Waals surface area contributed by atoms with Crippen LogP contribution < -0.4 is 0 Å². The fraction of sp³-hybridized carbons (Fsp3) is 0.600. The van der Waals surface area contributed by atoms with Gasteiger partial charge in [0.25, 0.3) is 0 Å². The first-order chi connectivity index (χ1) is 10.4. The molecule has 0 heterocycles. The van der Waals surface area contributed by atoms with Crippen molar-refractivity contribution in [1.82, 2.24) is 0 Å². The number of aldehydes is 2. The van der Waals surface area contributed by atoms with Gasteiger partial charge in [-0.3, -0.25) is 9.59 Å². The van der Waals surface area contributed by atoms with Crippen molar-refractivity contribution in [3.63, 3.8) is 0 Å². The van der Waals surface area contributed by atoms with Crippen LogP contribution in [0.3, 0.4) is 0 Å². The number of hydrogen-bond donors (Lipinski definition) is 0. The number of hydrogen-bond acceptors (Lipinski definition) is 2. The van der Waals surface area contributed by atoms with Crippen LogP contribution >= 0.6 is 0 Å². The lowest BCUT2D eigenvalue weighted by molar-refractivity contribution is -0.106. The van der Waals surface area contributed by atoms with Gasteiger partial charge in [-0.25, -0.2) is 0 Å². The molecular weight excluding hydrogens is 272 g/mol. The highest BCUT2D eigenvalue weighted by Gasteiger charge is 2.32. The average molecular weight is 302 g/mol. The van der Waals surface area contributed by atoms with Crippen LogP contribution in [0, 0.1) is 11.3 Å². The summed E-state index contributed by atoms with van der Waals surface area (Å²) in [6.07, 6.45) is 13.7. The number of carbonyl (C=O) groups excluding carboxylic acids is 2. The molecule has 2 nitrogen and oxygen atoms in total. The highest BCUT2D eigenvalue weighted by Crippen LogP contribution is 2.43. The summed E-state index contributed by atoms with van der Waals surface area (Å²) >= 11 is 0. The zero-order valence-electron chi connectivity index (χ0n) is 14.5. The molecule has 0 spiro atoms. The third kappa shape index (κ3) is 5.75. The van der Waals surface area contributed by atoms with Crippen molar-refractivity contribution in [3.05, 3.63) is 34.9 Å². The van der Waals surface area contributed by atoms with Crippen molar-refractivity contribution in [3.8, 4) is 0 Å². The van der Waals surface area contributed by atoms with Crippen LogP contribution in [0.25, 0.3) is 0 Å². The summed E-state index contributed by atoms with van der Waals surface area (Å²) in [5.74, 6) is 0.671. The third-order valence-electron chi connectivity index (χ3n) is 4.93. The second-order valence-corrected chi connectivity index (χ2v) is 7.15. The maximum atomic E-state index is 10.8. The molecule has 1 rings (SSSR count). The lowest BCUT2D eigenvalue weighted by Crippen LogP contribution is -2.27. The van der Waals surface area contributed by atoms with Crippen LogP contribution in [0.15, 0.2) is 34.9 Å². The molecular formula is C20H30O2. The fourth-order valence-electron chi connectivity index (χ4n) is 3.45. The van der Waals surface area contributed by atoms with Gasteiger partial charge in [0.15, 0.2) is 0 Å². The molecule has 0 fully saturated rings. The SMILES string of the molecule is CC1=CCCC(C)(C)[C@@H]1CC/C(C)=C/CC/C(C=O)=C\C=O. The Morgan fingerprint density at radius 1 is 1.32 bits per heavy atom. The summed E-state index contributed by atoms with van der Waals surface area (Å²) in [6, 6.07) is 0.